The molecule has 4 heteroatoms. The second-order valence-corrected chi connectivity index (χ2v) is 2.74. The number of aliphatic hydroxyl groups is 1. The zero-order chi connectivity index (χ0) is 9.84. The monoisotopic (exact) mass is 182 g/mol. The first-order chi connectivity index (χ1) is 6.24. The number of nitrogens with two attached hydrogens (primary N) is 1. The molecule has 3 N–H and O–H groups in total. The molecule has 0 bridgehead atoms. The number of nitrogens with zero attached hydrogens (tertiary/aromatic N) is 1. The highest BCUT2D eigenvalue weighted by atomic mass is 16.5. The van der Waals surface area contributed by atoms with Gasteiger partial charge in [-0.15, -0.1) is 0 Å². The smallest absolute Gasteiger partial charge is 0.144 e. The third-order valence-corrected chi connectivity index (χ3v) is 1.98. The summed E-state index contributed by atoms with van der Waals surface area (Å²) in [4.78, 5) is 4.09. The van der Waals surface area contributed by atoms with Crippen molar-refractivity contribution in [2.45, 2.75) is 20.1 Å². The zero-order valence-corrected chi connectivity index (χ0v) is 7.87. The molecule has 1 rings (SSSR count). The molecule has 1 aromatic rings. The van der Waals surface area contributed by atoms with Crippen LogP contribution in [0.15, 0.2) is 6.20 Å². The SMILES string of the molecule is COc1c(C)ncc(CO)c1CN. The first kappa shape index (κ1) is 9.95. The number of aliphatic hydroxyl groups excluding tert-OH is 1. The molecule has 0 saturated heterocycles. The quantitative estimate of drug-likeness (QED) is 0.707. The Morgan fingerprint density at radius 2 is 2.31 bits per heavy atom. The van der Waals surface area contributed by atoms with Gasteiger partial charge in [-0.1, -0.05) is 0 Å². The Kier molecular flexibility index (Phi) is 3.22. The Bertz CT molecular complexity index is 300. The van der Waals surface area contributed by atoms with E-state index in [1.807, 2.05) is 6.92 Å². The van der Waals surface area contributed by atoms with Crippen molar-refractivity contribution in [1.29, 1.82) is 0 Å². The van der Waals surface area contributed by atoms with E-state index in [1.54, 1.807) is 13.3 Å². The summed E-state index contributed by atoms with van der Waals surface area (Å²) in [7, 11) is 1.57. The van der Waals surface area contributed by atoms with Crippen LogP contribution in [0.3, 0.4) is 0 Å². The molecule has 0 unspecified atom stereocenters. The van der Waals surface area contributed by atoms with Crippen LogP contribution in [-0.4, -0.2) is 17.2 Å². The van der Waals surface area contributed by atoms with Gasteiger partial charge < -0.3 is 15.6 Å². The first-order valence-electron chi connectivity index (χ1n) is 4.06. The van der Waals surface area contributed by atoms with E-state index in [1.165, 1.54) is 0 Å². The molecule has 4 nitrogen and oxygen atoms in total. The van der Waals surface area contributed by atoms with Crippen LogP contribution >= 0.6 is 0 Å². The number of rotatable bonds is 3. The molecule has 72 valence electrons. The van der Waals surface area contributed by atoms with Gasteiger partial charge in [0.15, 0.2) is 0 Å². The van der Waals surface area contributed by atoms with Gasteiger partial charge >= 0.3 is 0 Å². The summed E-state index contributed by atoms with van der Waals surface area (Å²) in [5.74, 6) is 0.675. The molecule has 0 aliphatic rings. The number of hydrogen-bond acceptors (Lipinski definition) is 4. The van der Waals surface area contributed by atoms with Gasteiger partial charge in [-0.2, -0.15) is 0 Å². The Hall–Kier alpha value is -1.13. The predicted molar refractivity (Wildman–Crippen MR) is 49.3 cm³/mol. The van der Waals surface area contributed by atoms with E-state index in [2.05, 4.69) is 4.98 Å². The molecule has 1 aromatic heterocycles. The summed E-state index contributed by atoms with van der Waals surface area (Å²) >= 11 is 0. The zero-order valence-electron chi connectivity index (χ0n) is 7.87. The minimum atomic E-state index is -0.0594. The van der Waals surface area contributed by atoms with Gasteiger partial charge in [-0.25, -0.2) is 0 Å². The van der Waals surface area contributed by atoms with Crippen LogP contribution in [0, 0.1) is 6.92 Å². The van der Waals surface area contributed by atoms with E-state index in [-0.39, 0.29) is 6.61 Å². The average Bonchev–Trinajstić information content (AvgIpc) is 2.17. The lowest BCUT2D eigenvalue weighted by molar-refractivity contribution is 0.278. The number of hydrogen-bond donors (Lipinski definition) is 2. The molecule has 0 aromatic carbocycles. The van der Waals surface area contributed by atoms with Crippen molar-refractivity contribution in [3.05, 3.63) is 23.0 Å². The molecule has 0 amide bonds. The van der Waals surface area contributed by atoms with Gasteiger partial charge in [0.1, 0.15) is 5.75 Å². The summed E-state index contributed by atoms with van der Waals surface area (Å²) in [6, 6.07) is 0. The van der Waals surface area contributed by atoms with Gasteiger partial charge in [0.2, 0.25) is 0 Å². The van der Waals surface area contributed by atoms with Crippen molar-refractivity contribution in [2.24, 2.45) is 5.73 Å². The molecule has 0 atom stereocenters. The molecule has 0 saturated carbocycles. The topological polar surface area (TPSA) is 68.4 Å². The largest absolute Gasteiger partial charge is 0.495 e. The van der Waals surface area contributed by atoms with Crippen molar-refractivity contribution in [1.82, 2.24) is 4.98 Å². The van der Waals surface area contributed by atoms with Crippen molar-refractivity contribution in [2.75, 3.05) is 7.11 Å². The lowest BCUT2D eigenvalue weighted by atomic mass is 10.1. The van der Waals surface area contributed by atoms with Gasteiger partial charge in [-0.05, 0) is 6.92 Å². The molecule has 13 heavy (non-hydrogen) atoms. The Labute approximate surface area is 77.4 Å². The lowest BCUT2D eigenvalue weighted by Gasteiger charge is -2.12. The number of ether oxygens (including phenoxy) is 1. The fourth-order valence-corrected chi connectivity index (χ4v) is 1.31. The minimum Gasteiger partial charge on any atom is -0.495 e. The third kappa shape index (κ3) is 1.79. The van der Waals surface area contributed by atoms with Gasteiger partial charge in [-0.3, -0.25) is 4.98 Å². The van der Waals surface area contributed by atoms with Crippen LogP contribution in [0.4, 0.5) is 0 Å². The standard InChI is InChI=1S/C9H14N2O2/c1-6-9(13-2)8(3-10)7(5-12)4-11-6/h4,12H,3,5,10H2,1-2H3. The van der Waals surface area contributed by atoms with Crippen molar-refractivity contribution < 1.29 is 9.84 Å². The van der Waals surface area contributed by atoms with E-state index in [0.717, 1.165) is 16.8 Å². The number of aryl methyl sites for hydroxylation is 1. The maximum Gasteiger partial charge on any atom is 0.144 e. The molecule has 0 spiro atoms. The van der Waals surface area contributed by atoms with E-state index >= 15 is 0 Å². The number of pyridine rings is 1. The first-order valence-corrected chi connectivity index (χ1v) is 4.06. The molecule has 0 aliphatic carbocycles. The number of aromatic nitrogens is 1. The van der Waals surface area contributed by atoms with E-state index < -0.39 is 0 Å². The van der Waals surface area contributed by atoms with Crippen molar-refractivity contribution in [3.8, 4) is 5.75 Å². The summed E-state index contributed by atoms with van der Waals surface area (Å²) in [6.45, 7) is 2.14. The highest BCUT2D eigenvalue weighted by molar-refractivity contribution is 5.41. The highest BCUT2D eigenvalue weighted by Gasteiger charge is 2.10. The van der Waals surface area contributed by atoms with Gasteiger partial charge in [0.25, 0.3) is 0 Å². The van der Waals surface area contributed by atoms with Crippen molar-refractivity contribution in [3.63, 3.8) is 0 Å². The van der Waals surface area contributed by atoms with E-state index in [0.29, 0.717) is 12.3 Å². The van der Waals surface area contributed by atoms with Gasteiger partial charge in [0, 0.05) is 23.9 Å². The summed E-state index contributed by atoms with van der Waals surface area (Å²) in [5.41, 5.74) is 7.90. The molecule has 0 aliphatic heterocycles. The molecule has 1 heterocycles. The highest BCUT2D eigenvalue weighted by Crippen LogP contribution is 2.24. The van der Waals surface area contributed by atoms with Crippen LogP contribution in [-0.2, 0) is 13.2 Å². The average molecular weight is 182 g/mol. The maximum absolute atomic E-state index is 9.01. The second kappa shape index (κ2) is 4.20. The van der Waals surface area contributed by atoms with Gasteiger partial charge in [0.05, 0.1) is 19.4 Å². The molecule has 0 radical (unpaired) electrons. The summed E-state index contributed by atoms with van der Waals surface area (Å²) < 4.78 is 5.16. The van der Waals surface area contributed by atoms with Crippen LogP contribution in [0.2, 0.25) is 0 Å². The third-order valence-electron chi connectivity index (χ3n) is 1.98. The Morgan fingerprint density at radius 1 is 1.62 bits per heavy atom. The fourth-order valence-electron chi connectivity index (χ4n) is 1.31. The fraction of sp³-hybridized carbons (Fsp3) is 0.444. The predicted octanol–water partition coefficient (Wildman–Crippen LogP) is 0.350. The molecular weight excluding hydrogens is 168 g/mol. The molecular formula is C9H14N2O2. The Morgan fingerprint density at radius 3 is 2.77 bits per heavy atom. The Balaban J connectivity index is 3.27. The summed E-state index contributed by atoms with van der Waals surface area (Å²) in [5, 5.41) is 9.01. The maximum atomic E-state index is 9.01. The van der Waals surface area contributed by atoms with Crippen molar-refractivity contribution >= 4 is 0 Å². The van der Waals surface area contributed by atoms with Crippen LogP contribution in [0.1, 0.15) is 16.8 Å². The normalized spacial score (nSPS) is 10.2. The lowest BCUT2D eigenvalue weighted by Crippen LogP contribution is -2.07. The van der Waals surface area contributed by atoms with Crippen LogP contribution < -0.4 is 10.5 Å². The summed E-state index contributed by atoms with van der Waals surface area (Å²) in [6.07, 6.45) is 1.63. The van der Waals surface area contributed by atoms with Crippen LogP contribution in [0.25, 0.3) is 0 Å². The van der Waals surface area contributed by atoms with E-state index in [9.17, 15) is 0 Å². The molecule has 0 fully saturated rings. The van der Waals surface area contributed by atoms with Crippen LogP contribution in [0.5, 0.6) is 5.75 Å². The number of methoxy groups -OCH3 is 1. The minimum absolute atomic E-state index is 0.0594. The van der Waals surface area contributed by atoms with E-state index in [4.69, 9.17) is 15.6 Å². The second-order valence-electron chi connectivity index (χ2n) is 2.74.